The molecule has 8 heteroatoms. The van der Waals surface area contributed by atoms with Gasteiger partial charge in [-0.15, -0.1) is 0 Å². The van der Waals surface area contributed by atoms with Crippen molar-refractivity contribution in [2.45, 2.75) is 6.54 Å². The smallest absolute Gasteiger partial charge is 0.316 e. The number of rotatable bonds is 4. The Morgan fingerprint density at radius 3 is 2.70 bits per heavy atom. The maximum absolute atomic E-state index is 12.3. The number of aromatic nitrogens is 4. The van der Waals surface area contributed by atoms with E-state index in [1.54, 1.807) is 24.3 Å². The van der Waals surface area contributed by atoms with Crippen molar-refractivity contribution in [3.8, 4) is 6.01 Å². The Labute approximate surface area is 130 Å². The van der Waals surface area contributed by atoms with Gasteiger partial charge in [-0.25, -0.2) is 15.0 Å². The van der Waals surface area contributed by atoms with Crippen LogP contribution in [-0.4, -0.2) is 32.5 Å². The van der Waals surface area contributed by atoms with Crippen LogP contribution in [0.4, 0.5) is 5.69 Å². The molecule has 8 nitrogen and oxygen atoms in total. The Morgan fingerprint density at radius 1 is 1.22 bits per heavy atom. The number of nitrogens with one attached hydrogen (secondary N) is 1. The van der Waals surface area contributed by atoms with E-state index in [0.717, 1.165) is 0 Å². The number of methoxy groups -OCH3 is 1. The van der Waals surface area contributed by atoms with Crippen LogP contribution in [0.5, 0.6) is 6.01 Å². The van der Waals surface area contributed by atoms with Crippen molar-refractivity contribution >= 4 is 22.5 Å². The van der Waals surface area contributed by atoms with E-state index in [2.05, 4.69) is 20.3 Å². The first-order valence-electron chi connectivity index (χ1n) is 6.77. The van der Waals surface area contributed by atoms with Gasteiger partial charge in [0.1, 0.15) is 6.54 Å². The number of fused-ring (bicyclic) bond motifs is 1. The highest BCUT2D eigenvalue weighted by molar-refractivity contribution is 5.90. The summed E-state index contributed by atoms with van der Waals surface area (Å²) in [5.41, 5.74) is 0.743. The third kappa shape index (κ3) is 3.15. The van der Waals surface area contributed by atoms with E-state index < -0.39 is 0 Å². The second-order valence-electron chi connectivity index (χ2n) is 4.70. The molecule has 2 aromatic heterocycles. The summed E-state index contributed by atoms with van der Waals surface area (Å²) in [4.78, 5) is 36.3. The summed E-state index contributed by atoms with van der Waals surface area (Å²) in [7, 11) is 1.45. The van der Waals surface area contributed by atoms with Crippen LogP contribution >= 0.6 is 0 Å². The van der Waals surface area contributed by atoms with Crippen molar-refractivity contribution in [3.63, 3.8) is 0 Å². The molecule has 0 fully saturated rings. The fraction of sp³-hybridized carbons (Fsp3) is 0.133. The minimum atomic E-state index is -0.377. The van der Waals surface area contributed by atoms with Crippen molar-refractivity contribution in [2.24, 2.45) is 0 Å². The first kappa shape index (κ1) is 14.6. The summed E-state index contributed by atoms with van der Waals surface area (Å²) in [6.07, 6.45) is 4.20. The van der Waals surface area contributed by atoms with E-state index in [-0.39, 0.29) is 24.0 Å². The SMILES string of the molecule is COc1ncc(NC(=O)Cn2cnc3ccccc3c2=O)cn1. The molecular formula is C15H13N5O3. The minimum Gasteiger partial charge on any atom is -0.467 e. The summed E-state index contributed by atoms with van der Waals surface area (Å²) >= 11 is 0. The number of hydrogen-bond acceptors (Lipinski definition) is 6. The van der Waals surface area contributed by atoms with Gasteiger partial charge in [0, 0.05) is 0 Å². The highest BCUT2D eigenvalue weighted by atomic mass is 16.5. The average molecular weight is 311 g/mol. The maximum Gasteiger partial charge on any atom is 0.316 e. The molecule has 1 amide bonds. The summed E-state index contributed by atoms with van der Waals surface area (Å²) in [5.74, 6) is -0.377. The molecule has 3 aromatic rings. The highest BCUT2D eigenvalue weighted by Gasteiger charge is 2.08. The molecule has 0 bridgehead atoms. The molecule has 1 aromatic carbocycles. The van der Waals surface area contributed by atoms with Crippen LogP contribution in [-0.2, 0) is 11.3 Å². The number of ether oxygens (including phenoxy) is 1. The van der Waals surface area contributed by atoms with Crippen LogP contribution in [0.2, 0.25) is 0 Å². The fourth-order valence-corrected chi connectivity index (χ4v) is 2.06. The second-order valence-corrected chi connectivity index (χ2v) is 4.70. The van der Waals surface area contributed by atoms with Crippen molar-refractivity contribution in [2.75, 3.05) is 12.4 Å². The number of anilines is 1. The van der Waals surface area contributed by atoms with Gasteiger partial charge in [-0.2, -0.15) is 0 Å². The maximum atomic E-state index is 12.3. The molecule has 0 unspecified atom stereocenters. The summed E-state index contributed by atoms with van der Waals surface area (Å²) in [6, 6.07) is 7.18. The summed E-state index contributed by atoms with van der Waals surface area (Å²) in [5, 5.41) is 3.08. The lowest BCUT2D eigenvalue weighted by atomic mass is 10.2. The van der Waals surface area contributed by atoms with Crippen molar-refractivity contribution in [1.29, 1.82) is 0 Å². The number of carbonyl (C=O) groups is 1. The summed E-state index contributed by atoms with van der Waals surface area (Å²) < 4.78 is 6.09. The molecule has 0 radical (unpaired) electrons. The average Bonchev–Trinajstić information content (AvgIpc) is 2.58. The standard InChI is InChI=1S/C15H13N5O3/c1-23-15-16-6-10(7-17-15)19-13(21)8-20-9-18-12-5-3-2-4-11(12)14(20)22/h2-7,9H,8H2,1H3,(H,19,21). The molecule has 0 atom stereocenters. The monoisotopic (exact) mass is 311 g/mol. The molecule has 0 aliphatic carbocycles. The number of para-hydroxylation sites is 1. The van der Waals surface area contributed by atoms with Gasteiger partial charge < -0.3 is 10.1 Å². The molecule has 0 aliphatic rings. The van der Waals surface area contributed by atoms with Crippen LogP contribution in [0.3, 0.4) is 0 Å². The minimum absolute atomic E-state index is 0.150. The molecule has 23 heavy (non-hydrogen) atoms. The van der Waals surface area contributed by atoms with Crippen LogP contribution in [0.25, 0.3) is 10.9 Å². The Hall–Kier alpha value is -3.29. The molecule has 3 rings (SSSR count). The third-order valence-corrected chi connectivity index (χ3v) is 3.14. The number of carbonyl (C=O) groups excluding carboxylic acids is 1. The first-order valence-corrected chi connectivity index (χ1v) is 6.77. The molecule has 0 saturated carbocycles. The molecule has 116 valence electrons. The molecule has 2 heterocycles. The third-order valence-electron chi connectivity index (χ3n) is 3.14. The van der Waals surface area contributed by atoms with Gasteiger partial charge in [-0.1, -0.05) is 12.1 Å². The topological polar surface area (TPSA) is 99.0 Å². The van der Waals surface area contributed by atoms with Gasteiger partial charge in [0.2, 0.25) is 5.91 Å². The zero-order valence-corrected chi connectivity index (χ0v) is 12.3. The van der Waals surface area contributed by atoms with Crippen LogP contribution < -0.4 is 15.6 Å². The Bertz CT molecular complexity index is 905. The normalized spacial score (nSPS) is 10.5. The highest BCUT2D eigenvalue weighted by Crippen LogP contribution is 2.07. The second kappa shape index (κ2) is 6.22. The van der Waals surface area contributed by atoms with E-state index in [4.69, 9.17) is 4.74 Å². The van der Waals surface area contributed by atoms with Gasteiger partial charge in [0.15, 0.2) is 0 Å². The van der Waals surface area contributed by atoms with Crippen molar-refractivity contribution < 1.29 is 9.53 Å². The molecule has 0 saturated heterocycles. The number of benzene rings is 1. The lowest BCUT2D eigenvalue weighted by Crippen LogP contribution is -2.27. The van der Waals surface area contributed by atoms with Crippen LogP contribution in [0, 0.1) is 0 Å². The predicted molar refractivity (Wildman–Crippen MR) is 83.2 cm³/mol. The quantitative estimate of drug-likeness (QED) is 0.766. The van der Waals surface area contributed by atoms with Crippen molar-refractivity contribution in [3.05, 3.63) is 53.3 Å². The Balaban J connectivity index is 1.77. The van der Waals surface area contributed by atoms with E-state index >= 15 is 0 Å². The fourth-order valence-electron chi connectivity index (χ4n) is 2.06. The van der Waals surface area contributed by atoms with E-state index in [0.29, 0.717) is 16.6 Å². The van der Waals surface area contributed by atoms with Crippen LogP contribution in [0.1, 0.15) is 0 Å². The van der Waals surface area contributed by atoms with E-state index in [1.807, 2.05) is 0 Å². The molecule has 0 spiro atoms. The van der Waals surface area contributed by atoms with Gasteiger partial charge in [0.05, 0.1) is 42.4 Å². The largest absolute Gasteiger partial charge is 0.467 e. The van der Waals surface area contributed by atoms with Gasteiger partial charge in [0.25, 0.3) is 5.56 Å². The van der Waals surface area contributed by atoms with Gasteiger partial charge in [-0.3, -0.25) is 14.2 Å². The zero-order valence-electron chi connectivity index (χ0n) is 12.3. The van der Waals surface area contributed by atoms with E-state index in [9.17, 15) is 9.59 Å². The summed E-state index contributed by atoms with van der Waals surface area (Å²) in [6.45, 7) is -0.150. The predicted octanol–water partition coefficient (Wildman–Crippen LogP) is 0.834. The van der Waals surface area contributed by atoms with Gasteiger partial charge >= 0.3 is 6.01 Å². The lowest BCUT2D eigenvalue weighted by Gasteiger charge is -2.07. The molecule has 1 N–H and O–H groups in total. The number of nitrogens with zero attached hydrogens (tertiary/aromatic N) is 4. The Kier molecular flexibility index (Phi) is 3.96. The van der Waals surface area contributed by atoms with Crippen molar-refractivity contribution in [1.82, 2.24) is 19.5 Å². The Morgan fingerprint density at radius 2 is 1.96 bits per heavy atom. The van der Waals surface area contributed by atoms with Gasteiger partial charge in [-0.05, 0) is 12.1 Å². The first-order chi connectivity index (χ1) is 11.2. The molecular weight excluding hydrogens is 298 g/mol. The number of amides is 1. The number of hydrogen-bond donors (Lipinski definition) is 1. The lowest BCUT2D eigenvalue weighted by molar-refractivity contribution is -0.116. The zero-order chi connectivity index (χ0) is 16.2. The molecule has 0 aliphatic heterocycles. The van der Waals surface area contributed by atoms with Crippen LogP contribution in [0.15, 0.2) is 47.8 Å². The van der Waals surface area contributed by atoms with E-state index in [1.165, 1.54) is 30.4 Å².